The highest BCUT2D eigenvalue weighted by Crippen LogP contribution is 2.30. The van der Waals surface area contributed by atoms with Crippen LogP contribution in [-0.2, 0) is 9.53 Å². The molecule has 1 aliphatic carbocycles. The maximum atomic E-state index is 11.8. The molecule has 0 heterocycles. The van der Waals surface area contributed by atoms with E-state index in [-0.39, 0.29) is 5.97 Å². The van der Waals surface area contributed by atoms with Gasteiger partial charge in [-0.25, -0.2) is 0 Å². The summed E-state index contributed by atoms with van der Waals surface area (Å²) in [4.78, 5) is 14.3. The third-order valence-electron chi connectivity index (χ3n) is 3.87. The average Bonchev–Trinajstić information content (AvgIpc) is 2.34. The number of hydrogen-bond acceptors (Lipinski definition) is 4. The molecule has 0 aliphatic heterocycles. The van der Waals surface area contributed by atoms with Gasteiger partial charge < -0.3 is 15.4 Å². The minimum Gasteiger partial charge on any atom is -0.468 e. The summed E-state index contributed by atoms with van der Waals surface area (Å²) in [5.74, 6) is 0.380. The van der Waals surface area contributed by atoms with E-state index in [1.165, 1.54) is 7.11 Å². The Bertz CT molecular complexity index is 281. The quantitative estimate of drug-likeness (QED) is 0.762. The molecule has 0 amide bonds. The average molecular weight is 256 g/mol. The molecule has 0 bridgehead atoms. The van der Waals surface area contributed by atoms with Gasteiger partial charge in [0.15, 0.2) is 0 Å². The first-order valence-electron chi connectivity index (χ1n) is 7.04. The molecule has 1 rings (SSSR count). The molecular formula is C14H28N2O2. The van der Waals surface area contributed by atoms with Crippen LogP contribution in [0.1, 0.15) is 46.5 Å². The van der Waals surface area contributed by atoms with Gasteiger partial charge in [0.05, 0.1) is 7.11 Å². The van der Waals surface area contributed by atoms with E-state index < -0.39 is 5.54 Å². The number of carbonyl (C=O) groups is 1. The summed E-state index contributed by atoms with van der Waals surface area (Å²) >= 11 is 0. The van der Waals surface area contributed by atoms with E-state index in [9.17, 15) is 4.79 Å². The van der Waals surface area contributed by atoms with Crippen molar-refractivity contribution in [1.29, 1.82) is 0 Å². The lowest BCUT2D eigenvalue weighted by atomic mass is 9.79. The first-order chi connectivity index (χ1) is 8.42. The monoisotopic (exact) mass is 256 g/mol. The van der Waals surface area contributed by atoms with E-state index in [1.807, 2.05) is 0 Å². The van der Waals surface area contributed by atoms with Crippen LogP contribution in [0, 0.1) is 5.92 Å². The van der Waals surface area contributed by atoms with Gasteiger partial charge in [0, 0.05) is 12.6 Å². The molecule has 0 aromatic heterocycles. The Balaban J connectivity index is 2.70. The lowest BCUT2D eigenvalue weighted by Crippen LogP contribution is -2.56. The lowest BCUT2D eigenvalue weighted by molar-refractivity contribution is -0.149. The number of hydrogen-bond donors (Lipinski definition) is 1. The maximum Gasteiger partial charge on any atom is 0.325 e. The van der Waals surface area contributed by atoms with Gasteiger partial charge in [0.2, 0.25) is 0 Å². The van der Waals surface area contributed by atoms with Crippen LogP contribution >= 0.6 is 0 Å². The van der Waals surface area contributed by atoms with Crippen LogP contribution in [0.25, 0.3) is 0 Å². The Hall–Kier alpha value is -0.610. The molecule has 4 heteroatoms. The second kappa shape index (κ2) is 6.53. The molecule has 0 aromatic rings. The highest BCUT2D eigenvalue weighted by Gasteiger charge is 2.41. The molecular weight excluding hydrogens is 228 g/mol. The largest absolute Gasteiger partial charge is 0.468 e. The number of rotatable bonds is 5. The minimum atomic E-state index is -0.776. The van der Waals surface area contributed by atoms with Crippen molar-refractivity contribution in [3.8, 4) is 0 Å². The van der Waals surface area contributed by atoms with Gasteiger partial charge in [-0.2, -0.15) is 0 Å². The zero-order chi connectivity index (χ0) is 13.8. The summed E-state index contributed by atoms with van der Waals surface area (Å²) in [6.07, 6.45) is 3.61. The molecule has 4 nitrogen and oxygen atoms in total. The van der Waals surface area contributed by atoms with Crippen molar-refractivity contribution in [3.05, 3.63) is 0 Å². The molecule has 2 atom stereocenters. The molecule has 0 radical (unpaired) electrons. The van der Waals surface area contributed by atoms with E-state index >= 15 is 0 Å². The summed E-state index contributed by atoms with van der Waals surface area (Å²) in [5, 5.41) is 0. The predicted octanol–water partition coefficient (Wildman–Crippen LogP) is 1.78. The van der Waals surface area contributed by atoms with Gasteiger partial charge in [-0.1, -0.05) is 20.8 Å². The van der Waals surface area contributed by atoms with Gasteiger partial charge >= 0.3 is 5.97 Å². The molecule has 106 valence electrons. The number of carbonyl (C=O) groups excluding carboxylic acids is 1. The maximum absolute atomic E-state index is 11.8. The predicted molar refractivity (Wildman–Crippen MR) is 73.3 cm³/mol. The second-order valence-electron chi connectivity index (χ2n) is 5.88. The molecule has 2 unspecified atom stereocenters. The van der Waals surface area contributed by atoms with E-state index in [0.717, 1.165) is 38.8 Å². The molecule has 2 N–H and O–H groups in total. The third-order valence-corrected chi connectivity index (χ3v) is 3.87. The van der Waals surface area contributed by atoms with E-state index in [4.69, 9.17) is 10.5 Å². The van der Waals surface area contributed by atoms with Crippen molar-refractivity contribution in [3.63, 3.8) is 0 Å². The minimum absolute atomic E-state index is 0.257. The van der Waals surface area contributed by atoms with Gasteiger partial charge in [-0.05, 0) is 38.1 Å². The molecule has 0 saturated heterocycles. The molecule has 18 heavy (non-hydrogen) atoms. The number of ether oxygens (including phenoxy) is 1. The highest BCUT2D eigenvalue weighted by atomic mass is 16.5. The SMILES string of the molecule is CCN(CC(C)C)C1CCCC(N)(C(=O)OC)C1. The summed E-state index contributed by atoms with van der Waals surface area (Å²) in [6.45, 7) is 8.70. The first-order valence-corrected chi connectivity index (χ1v) is 7.04. The first kappa shape index (κ1) is 15.4. The molecule has 1 fully saturated rings. The number of esters is 1. The van der Waals surface area contributed by atoms with Gasteiger partial charge in [-0.3, -0.25) is 4.79 Å². The van der Waals surface area contributed by atoms with Crippen molar-refractivity contribution in [2.24, 2.45) is 11.7 Å². The van der Waals surface area contributed by atoms with E-state index in [0.29, 0.717) is 12.0 Å². The van der Waals surface area contributed by atoms with Crippen LogP contribution in [0.2, 0.25) is 0 Å². The van der Waals surface area contributed by atoms with Crippen LogP contribution < -0.4 is 5.73 Å². The standard InChI is InChI=1S/C14H28N2O2/c1-5-16(10-11(2)3)12-7-6-8-14(15,9-12)13(17)18-4/h11-12H,5-10,15H2,1-4H3. The molecule has 1 aliphatic rings. The molecule has 0 aromatic carbocycles. The Morgan fingerprint density at radius 2 is 2.22 bits per heavy atom. The third kappa shape index (κ3) is 3.69. The number of nitrogens with zero attached hydrogens (tertiary/aromatic N) is 1. The lowest BCUT2D eigenvalue weighted by Gasteiger charge is -2.41. The summed E-state index contributed by atoms with van der Waals surface area (Å²) in [6, 6.07) is 0.412. The Morgan fingerprint density at radius 1 is 1.56 bits per heavy atom. The Morgan fingerprint density at radius 3 is 2.72 bits per heavy atom. The van der Waals surface area contributed by atoms with E-state index in [1.54, 1.807) is 0 Å². The van der Waals surface area contributed by atoms with Crippen LogP contribution in [0.3, 0.4) is 0 Å². The van der Waals surface area contributed by atoms with Gasteiger partial charge in [0.25, 0.3) is 0 Å². The fraction of sp³-hybridized carbons (Fsp3) is 0.929. The van der Waals surface area contributed by atoms with Crippen LogP contribution in [0.4, 0.5) is 0 Å². The van der Waals surface area contributed by atoms with Crippen molar-refractivity contribution in [2.75, 3.05) is 20.2 Å². The second-order valence-corrected chi connectivity index (χ2v) is 5.88. The molecule has 0 spiro atoms. The molecule has 1 saturated carbocycles. The fourth-order valence-corrected chi connectivity index (χ4v) is 2.98. The van der Waals surface area contributed by atoms with Crippen molar-refractivity contribution >= 4 is 5.97 Å². The summed E-state index contributed by atoms with van der Waals surface area (Å²) < 4.78 is 4.85. The summed E-state index contributed by atoms with van der Waals surface area (Å²) in [5.41, 5.74) is 5.45. The number of methoxy groups -OCH3 is 1. The fourth-order valence-electron chi connectivity index (χ4n) is 2.98. The van der Waals surface area contributed by atoms with Crippen LogP contribution in [-0.4, -0.2) is 42.6 Å². The highest BCUT2D eigenvalue weighted by molar-refractivity contribution is 5.80. The number of nitrogens with two attached hydrogens (primary N) is 1. The summed E-state index contributed by atoms with van der Waals surface area (Å²) in [7, 11) is 1.42. The zero-order valence-electron chi connectivity index (χ0n) is 12.2. The normalized spacial score (nSPS) is 28.7. The van der Waals surface area contributed by atoms with Gasteiger partial charge in [0.1, 0.15) is 5.54 Å². The Kier molecular flexibility index (Phi) is 5.60. The van der Waals surface area contributed by atoms with Crippen LogP contribution in [0.15, 0.2) is 0 Å². The van der Waals surface area contributed by atoms with E-state index in [2.05, 4.69) is 25.7 Å². The topological polar surface area (TPSA) is 55.6 Å². The van der Waals surface area contributed by atoms with Crippen molar-refractivity contribution < 1.29 is 9.53 Å². The van der Waals surface area contributed by atoms with Crippen molar-refractivity contribution in [2.45, 2.75) is 58.0 Å². The van der Waals surface area contributed by atoms with Crippen LogP contribution in [0.5, 0.6) is 0 Å². The smallest absolute Gasteiger partial charge is 0.325 e. The van der Waals surface area contributed by atoms with Crippen molar-refractivity contribution in [1.82, 2.24) is 4.90 Å². The Labute approximate surface area is 111 Å². The van der Waals surface area contributed by atoms with Gasteiger partial charge in [-0.15, -0.1) is 0 Å². The zero-order valence-corrected chi connectivity index (χ0v) is 12.2.